The van der Waals surface area contributed by atoms with Gasteiger partial charge in [0.25, 0.3) is 0 Å². The third-order valence-corrected chi connectivity index (χ3v) is 7.69. The molecule has 4 rings (SSSR count). The molecule has 0 bridgehead atoms. The normalized spacial score (nSPS) is 10.4. The van der Waals surface area contributed by atoms with Crippen LogP contribution in [-0.4, -0.2) is 38.4 Å². The van der Waals surface area contributed by atoms with E-state index >= 15 is 0 Å². The van der Waals surface area contributed by atoms with Gasteiger partial charge < -0.3 is 18.9 Å². The van der Waals surface area contributed by atoms with Gasteiger partial charge in [0.05, 0.1) is 26.4 Å². The first kappa shape index (κ1) is 37.8. The SMILES string of the molecule is C=CC(=O)OCCCOc1ccc(C#Cc2ccc(-c3ccc(C#Cc4ccc(OCCCOC(=O)C=C)cc4)cc3C(C)(C)C)c(C)c2)cc1. The molecular weight excluding hydrogens is 636 g/mol. The highest BCUT2D eigenvalue weighted by atomic mass is 16.5. The summed E-state index contributed by atoms with van der Waals surface area (Å²) in [6.45, 7) is 17.0. The zero-order chi connectivity index (χ0) is 36.6. The number of ether oxygens (including phenoxy) is 4. The lowest BCUT2D eigenvalue weighted by molar-refractivity contribution is -0.138. The van der Waals surface area contributed by atoms with E-state index in [1.807, 2.05) is 48.5 Å². The van der Waals surface area contributed by atoms with Crippen LogP contribution in [0.5, 0.6) is 11.5 Å². The van der Waals surface area contributed by atoms with Crippen molar-refractivity contribution in [3.05, 3.63) is 144 Å². The van der Waals surface area contributed by atoms with Gasteiger partial charge in [-0.15, -0.1) is 0 Å². The monoisotopic (exact) mass is 680 g/mol. The Morgan fingerprint density at radius 1 is 0.588 bits per heavy atom. The van der Waals surface area contributed by atoms with Crippen molar-refractivity contribution in [1.82, 2.24) is 0 Å². The smallest absolute Gasteiger partial charge is 0.330 e. The van der Waals surface area contributed by atoms with Gasteiger partial charge in [-0.25, -0.2) is 9.59 Å². The molecule has 0 aliphatic heterocycles. The van der Waals surface area contributed by atoms with E-state index in [-0.39, 0.29) is 5.41 Å². The largest absolute Gasteiger partial charge is 0.493 e. The van der Waals surface area contributed by atoms with E-state index in [0.29, 0.717) is 39.3 Å². The van der Waals surface area contributed by atoms with E-state index in [1.54, 1.807) is 0 Å². The fraction of sp³-hybridized carbons (Fsp3) is 0.244. The molecule has 0 fully saturated rings. The molecule has 0 unspecified atom stereocenters. The van der Waals surface area contributed by atoms with Crippen LogP contribution >= 0.6 is 0 Å². The van der Waals surface area contributed by atoms with Crippen molar-refractivity contribution < 1.29 is 28.5 Å². The molecule has 0 atom stereocenters. The Balaban J connectivity index is 1.39. The molecule has 6 heteroatoms. The average Bonchev–Trinajstić information content (AvgIpc) is 3.13. The lowest BCUT2D eigenvalue weighted by Crippen LogP contribution is -2.13. The summed E-state index contributed by atoms with van der Waals surface area (Å²) in [4.78, 5) is 22.2. The molecule has 6 nitrogen and oxygen atoms in total. The van der Waals surface area contributed by atoms with Crippen molar-refractivity contribution in [2.45, 2.75) is 46.0 Å². The molecule has 0 heterocycles. The Labute approximate surface area is 302 Å². The zero-order valence-electron chi connectivity index (χ0n) is 29.8. The van der Waals surface area contributed by atoms with Crippen LogP contribution in [0.15, 0.2) is 110 Å². The maximum atomic E-state index is 11.1. The Bertz CT molecular complexity index is 1960. The Hall–Kier alpha value is -5.98. The van der Waals surface area contributed by atoms with Gasteiger partial charge in [0.1, 0.15) is 11.5 Å². The summed E-state index contributed by atoms with van der Waals surface area (Å²) in [6, 6.07) is 28.1. The number of carbonyl (C=O) groups excluding carboxylic acids is 2. The summed E-state index contributed by atoms with van der Waals surface area (Å²) in [7, 11) is 0. The summed E-state index contributed by atoms with van der Waals surface area (Å²) in [5.41, 5.74) is 8.28. The minimum Gasteiger partial charge on any atom is -0.493 e. The van der Waals surface area contributed by atoms with E-state index in [4.69, 9.17) is 18.9 Å². The highest BCUT2D eigenvalue weighted by molar-refractivity contribution is 5.81. The number of carbonyl (C=O) groups is 2. The fourth-order valence-corrected chi connectivity index (χ4v) is 5.04. The van der Waals surface area contributed by atoms with Crippen LogP contribution < -0.4 is 9.47 Å². The number of esters is 2. The highest BCUT2D eigenvalue weighted by Crippen LogP contribution is 2.35. The first-order chi connectivity index (χ1) is 24.5. The predicted molar refractivity (Wildman–Crippen MR) is 203 cm³/mol. The van der Waals surface area contributed by atoms with Crippen LogP contribution in [0.2, 0.25) is 0 Å². The van der Waals surface area contributed by atoms with Crippen LogP contribution in [-0.2, 0) is 24.5 Å². The third-order valence-electron chi connectivity index (χ3n) is 7.69. The van der Waals surface area contributed by atoms with E-state index in [0.717, 1.165) is 51.5 Å². The van der Waals surface area contributed by atoms with Crippen LogP contribution in [0.3, 0.4) is 0 Å². The Morgan fingerprint density at radius 3 is 1.43 bits per heavy atom. The van der Waals surface area contributed by atoms with E-state index < -0.39 is 11.9 Å². The van der Waals surface area contributed by atoms with Crippen LogP contribution in [0.4, 0.5) is 0 Å². The molecule has 4 aromatic rings. The van der Waals surface area contributed by atoms with Crippen molar-refractivity contribution in [2.24, 2.45) is 0 Å². The summed E-state index contributed by atoms with van der Waals surface area (Å²) >= 11 is 0. The van der Waals surface area contributed by atoms with Crippen LogP contribution in [0.25, 0.3) is 11.1 Å². The van der Waals surface area contributed by atoms with Crippen molar-refractivity contribution in [2.75, 3.05) is 26.4 Å². The first-order valence-electron chi connectivity index (χ1n) is 16.9. The second-order valence-corrected chi connectivity index (χ2v) is 12.7. The number of hydrogen-bond donors (Lipinski definition) is 0. The molecule has 260 valence electrons. The molecular formula is C45H44O6. The molecule has 0 N–H and O–H groups in total. The number of aryl methyl sites for hydroxylation is 1. The topological polar surface area (TPSA) is 71.1 Å². The summed E-state index contributed by atoms with van der Waals surface area (Å²) in [5, 5.41) is 0. The molecule has 0 radical (unpaired) electrons. The molecule has 0 amide bonds. The van der Waals surface area contributed by atoms with Gasteiger partial charge in [0.2, 0.25) is 0 Å². The summed E-state index contributed by atoms with van der Waals surface area (Å²) < 4.78 is 21.4. The lowest BCUT2D eigenvalue weighted by atomic mass is 9.80. The van der Waals surface area contributed by atoms with Gasteiger partial charge in [0.15, 0.2) is 0 Å². The van der Waals surface area contributed by atoms with Crippen LogP contribution in [0, 0.1) is 30.6 Å². The second-order valence-electron chi connectivity index (χ2n) is 12.7. The van der Waals surface area contributed by atoms with Gasteiger partial charge in [0, 0.05) is 47.2 Å². The van der Waals surface area contributed by atoms with Gasteiger partial charge in [-0.1, -0.05) is 69.7 Å². The van der Waals surface area contributed by atoms with E-state index in [2.05, 4.69) is 101 Å². The highest BCUT2D eigenvalue weighted by Gasteiger charge is 2.20. The standard InChI is InChI=1S/C45H44O6/c1-7-43(46)50-29-9-27-48-38-21-15-34(16-22-38)11-13-36-19-25-40(33(3)31-36)41-26-20-37(32-42(41)45(4,5)6)14-12-35-17-23-39(24-18-35)49-28-10-30-51-44(47)8-2/h7-8,15-26,31-32H,1-2,9-10,27-30H2,3-6H3. The summed E-state index contributed by atoms with van der Waals surface area (Å²) in [6.07, 6.45) is 3.49. The average molecular weight is 681 g/mol. The van der Waals surface area contributed by atoms with Gasteiger partial charge in [-0.2, -0.15) is 0 Å². The number of hydrogen-bond acceptors (Lipinski definition) is 6. The van der Waals surface area contributed by atoms with Gasteiger partial charge >= 0.3 is 11.9 Å². The zero-order valence-corrected chi connectivity index (χ0v) is 29.8. The lowest BCUT2D eigenvalue weighted by Gasteiger charge is -2.24. The predicted octanol–water partition coefficient (Wildman–Crippen LogP) is 8.76. The maximum Gasteiger partial charge on any atom is 0.330 e. The quantitative estimate of drug-likeness (QED) is 0.0609. The Morgan fingerprint density at radius 2 is 1.00 bits per heavy atom. The van der Waals surface area contributed by atoms with Crippen molar-refractivity contribution in [3.63, 3.8) is 0 Å². The van der Waals surface area contributed by atoms with Crippen molar-refractivity contribution in [1.29, 1.82) is 0 Å². The maximum absolute atomic E-state index is 11.1. The Kier molecular flexibility index (Phi) is 13.9. The van der Waals surface area contributed by atoms with E-state index in [9.17, 15) is 9.59 Å². The van der Waals surface area contributed by atoms with Crippen molar-refractivity contribution in [3.8, 4) is 46.3 Å². The van der Waals surface area contributed by atoms with Crippen molar-refractivity contribution >= 4 is 11.9 Å². The van der Waals surface area contributed by atoms with Gasteiger partial charge in [-0.05, 0) is 107 Å². The fourth-order valence-electron chi connectivity index (χ4n) is 5.04. The molecule has 0 aromatic heterocycles. The van der Waals surface area contributed by atoms with Crippen LogP contribution in [0.1, 0.15) is 67.0 Å². The second kappa shape index (κ2) is 18.7. The molecule has 4 aromatic carbocycles. The molecule has 0 saturated carbocycles. The minimum absolute atomic E-state index is 0.102. The molecule has 0 aliphatic rings. The number of rotatable bonds is 13. The first-order valence-corrected chi connectivity index (χ1v) is 16.9. The molecule has 0 aliphatic carbocycles. The van der Waals surface area contributed by atoms with Gasteiger partial charge in [-0.3, -0.25) is 0 Å². The molecule has 51 heavy (non-hydrogen) atoms. The van der Waals surface area contributed by atoms with E-state index in [1.165, 1.54) is 16.7 Å². The summed E-state index contributed by atoms with van der Waals surface area (Å²) in [5.74, 6) is 13.8. The minimum atomic E-state index is -0.430. The number of benzene rings is 4. The molecule has 0 spiro atoms. The third kappa shape index (κ3) is 12.1. The molecule has 0 saturated heterocycles.